The Morgan fingerprint density at radius 3 is 2.57 bits per heavy atom. The van der Waals surface area contributed by atoms with Crippen LogP contribution in [0, 0.1) is 0 Å². The van der Waals surface area contributed by atoms with Gasteiger partial charge >= 0.3 is 0 Å². The van der Waals surface area contributed by atoms with Gasteiger partial charge in [0.1, 0.15) is 17.8 Å². The fourth-order valence-corrected chi connectivity index (χ4v) is 3.67. The van der Waals surface area contributed by atoms with Crippen molar-refractivity contribution in [3.05, 3.63) is 83.3 Å². The molecule has 3 heterocycles. The van der Waals surface area contributed by atoms with E-state index in [9.17, 15) is 0 Å². The summed E-state index contributed by atoms with van der Waals surface area (Å²) in [6.45, 7) is 1.51. The lowest BCUT2D eigenvalue weighted by Gasteiger charge is -2.27. The summed E-state index contributed by atoms with van der Waals surface area (Å²) in [5, 5.41) is 5.03. The first-order valence-electron chi connectivity index (χ1n) is 9.14. The molecule has 0 atom stereocenters. The largest absolute Gasteiger partial charge is 0.356 e. The average Bonchev–Trinajstić information content (AvgIpc) is 3.18. The van der Waals surface area contributed by atoms with Crippen molar-refractivity contribution >= 4 is 17.4 Å². The van der Waals surface area contributed by atoms with E-state index in [-0.39, 0.29) is 0 Å². The zero-order valence-corrected chi connectivity index (χ0v) is 15.8. The molecule has 6 heteroatoms. The number of halogens is 1. The zero-order valence-electron chi connectivity index (χ0n) is 15.0. The van der Waals surface area contributed by atoms with Crippen LogP contribution in [-0.2, 0) is 13.0 Å². The first-order chi connectivity index (χ1) is 13.8. The Morgan fingerprint density at radius 2 is 1.75 bits per heavy atom. The van der Waals surface area contributed by atoms with Gasteiger partial charge in [-0.25, -0.2) is 9.97 Å². The Morgan fingerprint density at radius 1 is 0.929 bits per heavy atom. The molecule has 0 bridgehead atoms. The molecule has 0 fully saturated rings. The highest BCUT2D eigenvalue weighted by molar-refractivity contribution is 6.30. The Labute approximate surface area is 167 Å². The lowest BCUT2D eigenvalue weighted by Crippen LogP contribution is -2.31. The SMILES string of the molecule is Clc1ccc(-c2onc3c2CCN(c2cc(-c4ccccc4)ncn2)C3)cc1. The van der Waals surface area contributed by atoms with Crippen LogP contribution in [0.3, 0.4) is 0 Å². The number of rotatable bonds is 3. The Bertz CT molecular complexity index is 1110. The van der Waals surface area contributed by atoms with Gasteiger partial charge in [0, 0.05) is 34.3 Å². The standard InChI is InChI=1S/C22H17ClN4O/c23-17-8-6-16(7-9-17)22-18-10-11-27(13-20(18)26-28-22)21-12-19(24-14-25-21)15-4-2-1-3-5-15/h1-9,12,14H,10-11,13H2. The zero-order chi connectivity index (χ0) is 18.9. The minimum Gasteiger partial charge on any atom is -0.356 e. The fraction of sp³-hybridized carbons (Fsp3) is 0.136. The summed E-state index contributed by atoms with van der Waals surface area (Å²) in [4.78, 5) is 11.1. The highest BCUT2D eigenvalue weighted by Crippen LogP contribution is 2.32. The van der Waals surface area contributed by atoms with Gasteiger partial charge in [-0.2, -0.15) is 0 Å². The molecule has 5 rings (SSSR count). The summed E-state index contributed by atoms with van der Waals surface area (Å²) >= 11 is 6.00. The predicted molar refractivity (Wildman–Crippen MR) is 109 cm³/mol. The van der Waals surface area contributed by atoms with E-state index in [0.717, 1.165) is 52.6 Å². The van der Waals surface area contributed by atoms with Crippen LogP contribution in [0.5, 0.6) is 0 Å². The minimum absolute atomic E-state index is 0.664. The van der Waals surface area contributed by atoms with E-state index in [1.807, 2.05) is 48.5 Å². The van der Waals surface area contributed by atoms with Gasteiger partial charge in [0.05, 0.1) is 12.2 Å². The molecule has 2 aromatic heterocycles. The van der Waals surface area contributed by atoms with Crippen molar-refractivity contribution < 1.29 is 4.52 Å². The maximum absolute atomic E-state index is 6.00. The lowest BCUT2D eigenvalue weighted by atomic mass is 10.0. The van der Waals surface area contributed by atoms with Crippen LogP contribution < -0.4 is 4.90 Å². The number of anilines is 1. The van der Waals surface area contributed by atoms with Gasteiger partial charge in [0.2, 0.25) is 0 Å². The van der Waals surface area contributed by atoms with Crippen molar-refractivity contribution in [3.8, 4) is 22.6 Å². The molecule has 1 aliphatic heterocycles. The van der Waals surface area contributed by atoms with E-state index in [1.165, 1.54) is 0 Å². The first kappa shape index (κ1) is 17.0. The molecular weight excluding hydrogens is 372 g/mol. The third-order valence-electron chi connectivity index (χ3n) is 4.99. The van der Waals surface area contributed by atoms with Crippen LogP contribution in [0.1, 0.15) is 11.3 Å². The molecule has 2 aromatic carbocycles. The minimum atomic E-state index is 0.664. The molecule has 4 aromatic rings. The summed E-state index contributed by atoms with van der Waals surface area (Å²) in [6.07, 6.45) is 2.47. The normalized spacial score (nSPS) is 13.4. The third kappa shape index (κ3) is 3.14. The van der Waals surface area contributed by atoms with Crippen molar-refractivity contribution in [2.45, 2.75) is 13.0 Å². The monoisotopic (exact) mass is 388 g/mol. The second-order valence-corrected chi connectivity index (χ2v) is 7.18. The number of aromatic nitrogens is 3. The van der Waals surface area contributed by atoms with Crippen LogP contribution >= 0.6 is 11.6 Å². The second-order valence-electron chi connectivity index (χ2n) is 6.74. The summed E-state index contributed by atoms with van der Waals surface area (Å²) in [6, 6.07) is 19.8. The molecule has 5 nitrogen and oxygen atoms in total. The van der Waals surface area contributed by atoms with Crippen LogP contribution in [0.15, 0.2) is 71.5 Å². The van der Waals surface area contributed by atoms with Gasteiger partial charge in [-0.05, 0) is 30.7 Å². The van der Waals surface area contributed by atoms with E-state index >= 15 is 0 Å². The molecule has 0 radical (unpaired) electrons. The van der Waals surface area contributed by atoms with Crippen molar-refractivity contribution in [1.29, 1.82) is 0 Å². The van der Waals surface area contributed by atoms with Gasteiger partial charge in [-0.1, -0.05) is 47.1 Å². The van der Waals surface area contributed by atoms with E-state index in [2.05, 4.69) is 32.2 Å². The number of benzene rings is 2. The Hall–Kier alpha value is -3.18. The summed E-state index contributed by atoms with van der Waals surface area (Å²) in [7, 11) is 0. The molecule has 0 unspecified atom stereocenters. The molecule has 138 valence electrons. The topological polar surface area (TPSA) is 55.1 Å². The fourth-order valence-electron chi connectivity index (χ4n) is 3.54. The predicted octanol–water partition coefficient (Wildman–Crippen LogP) is 5.01. The van der Waals surface area contributed by atoms with Crippen LogP contribution in [0.4, 0.5) is 5.82 Å². The Balaban J connectivity index is 1.42. The van der Waals surface area contributed by atoms with Crippen LogP contribution in [0.25, 0.3) is 22.6 Å². The average molecular weight is 389 g/mol. The van der Waals surface area contributed by atoms with E-state index in [1.54, 1.807) is 6.33 Å². The maximum atomic E-state index is 6.00. The number of hydrogen-bond donors (Lipinski definition) is 0. The highest BCUT2D eigenvalue weighted by Gasteiger charge is 2.25. The summed E-state index contributed by atoms with van der Waals surface area (Å²) in [5.74, 6) is 1.73. The molecule has 0 spiro atoms. The Kier molecular flexibility index (Phi) is 4.29. The lowest BCUT2D eigenvalue weighted by molar-refractivity contribution is 0.423. The summed E-state index contributed by atoms with van der Waals surface area (Å²) < 4.78 is 5.67. The van der Waals surface area contributed by atoms with Gasteiger partial charge in [-0.15, -0.1) is 0 Å². The van der Waals surface area contributed by atoms with Crippen molar-refractivity contribution in [1.82, 2.24) is 15.1 Å². The number of nitrogens with zero attached hydrogens (tertiary/aromatic N) is 4. The van der Waals surface area contributed by atoms with E-state index < -0.39 is 0 Å². The van der Waals surface area contributed by atoms with Crippen LogP contribution in [0.2, 0.25) is 5.02 Å². The van der Waals surface area contributed by atoms with Gasteiger partial charge in [0.15, 0.2) is 5.76 Å². The quantitative estimate of drug-likeness (QED) is 0.493. The van der Waals surface area contributed by atoms with Gasteiger partial charge < -0.3 is 9.42 Å². The maximum Gasteiger partial charge on any atom is 0.170 e. The summed E-state index contributed by atoms with van der Waals surface area (Å²) in [5.41, 5.74) is 5.11. The van der Waals surface area contributed by atoms with Crippen molar-refractivity contribution in [2.24, 2.45) is 0 Å². The van der Waals surface area contributed by atoms with Crippen LogP contribution in [-0.4, -0.2) is 21.7 Å². The molecule has 0 saturated heterocycles. The highest BCUT2D eigenvalue weighted by atomic mass is 35.5. The molecular formula is C22H17ClN4O. The van der Waals surface area contributed by atoms with Gasteiger partial charge in [0.25, 0.3) is 0 Å². The smallest absolute Gasteiger partial charge is 0.170 e. The molecule has 28 heavy (non-hydrogen) atoms. The van der Waals surface area contributed by atoms with Crippen molar-refractivity contribution in [3.63, 3.8) is 0 Å². The molecule has 0 amide bonds. The molecule has 0 aliphatic carbocycles. The number of fused-ring (bicyclic) bond motifs is 1. The van der Waals surface area contributed by atoms with Gasteiger partial charge in [-0.3, -0.25) is 0 Å². The molecule has 0 saturated carbocycles. The molecule has 1 aliphatic rings. The number of hydrogen-bond acceptors (Lipinski definition) is 5. The second kappa shape index (κ2) is 7.09. The molecule has 0 N–H and O–H groups in total. The van der Waals surface area contributed by atoms with E-state index in [4.69, 9.17) is 16.1 Å². The van der Waals surface area contributed by atoms with Crippen molar-refractivity contribution in [2.75, 3.05) is 11.4 Å². The first-order valence-corrected chi connectivity index (χ1v) is 9.51. The third-order valence-corrected chi connectivity index (χ3v) is 5.25. The van der Waals surface area contributed by atoms with E-state index in [0.29, 0.717) is 11.6 Å².